The second-order valence-electron chi connectivity index (χ2n) is 3.86. The molecule has 0 spiro atoms. The van der Waals surface area contributed by atoms with Crippen LogP contribution < -0.4 is 5.73 Å². The Morgan fingerprint density at radius 2 is 2.17 bits per heavy atom. The summed E-state index contributed by atoms with van der Waals surface area (Å²) in [5, 5.41) is 0.868. The highest BCUT2D eigenvalue weighted by atomic mass is 35.5. The molecule has 2 N–H and O–H groups in total. The third-order valence-electron chi connectivity index (χ3n) is 2.68. The van der Waals surface area contributed by atoms with Crippen LogP contribution in [-0.2, 0) is 9.53 Å². The van der Waals surface area contributed by atoms with Gasteiger partial charge in [-0.1, -0.05) is 35.3 Å². The summed E-state index contributed by atoms with van der Waals surface area (Å²) < 4.78 is 5.36. The summed E-state index contributed by atoms with van der Waals surface area (Å²) in [4.78, 5) is 11.5. The van der Waals surface area contributed by atoms with Gasteiger partial charge in [-0.25, -0.2) is 0 Å². The van der Waals surface area contributed by atoms with E-state index in [0.717, 1.165) is 5.56 Å². The third kappa shape index (κ3) is 3.48. The molecule has 1 aromatic rings. The number of primary amides is 1. The van der Waals surface area contributed by atoms with E-state index in [0.29, 0.717) is 16.5 Å². The molecule has 0 aromatic heterocycles. The van der Waals surface area contributed by atoms with E-state index in [4.69, 9.17) is 33.7 Å². The molecule has 1 aromatic carbocycles. The molecular weight excluding hydrogens is 273 g/mol. The molecular formula is C13H15Cl2NO2. The summed E-state index contributed by atoms with van der Waals surface area (Å²) in [5.41, 5.74) is 6.14. The highest BCUT2D eigenvalue weighted by Gasteiger charge is 2.27. The number of hydrogen-bond donors (Lipinski definition) is 1. The Kier molecular flexibility index (Phi) is 5.66. The predicted octanol–water partition coefficient (Wildman–Crippen LogP) is 3.36. The van der Waals surface area contributed by atoms with E-state index in [-0.39, 0.29) is 0 Å². The minimum atomic E-state index is -0.482. The largest absolute Gasteiger partial charge is 0.376 e. The summed E-state index contributed by atoms with van der Waals surface area (Å²) in [6.45, 7) is 3.61. The SMILES string of the molecule is C=CCC(C(N)=O)C(OC)c1ccc(Cl)c(Cl)c1. The minimum absolute atomic E-state index is 0.415. The van der Waals surface area contributed by atoms with E-state index in [1.165, 1.54) is 7.11 Å². The Hall–Kier alpha value is -1.03. The monoisotopic (exact) mass is 287 g/mol. The van der Waals surface area contributed by atoms with Crippen molar-refractivity contribution < 1.29 is 9.53 Å². The van der Waals surface area contributed by atoms with Crippen LogP contribution in [0.3, 0.4) is 0 Å². The number of benzene rings is 1. The van der Waals surface area contributed by atoms with Crippen molar-refractivity contribution in [1.29, 1.82) is 0 Å². The standard InChI is InChI=1S/C13H15Cl2NO2/c1-3-4-9(13(16)17)12(18-2)8-5-6-10(14)11(15)7-8/h3,5-7,9,12H,1,4H2,2H3,(H2,16,17). The number of halogens is 2. The Labute approximate surface area is 117 Å². The van der Waals surface area contributed by atoms with Gasteiger partial charge in [0.15, 0.2) is 0 Å². The van der Waals surface area contributed by atoms with Crippen LogP contribution in [0.5, 0.6) is 0 Å². The first kappa shape index (κ1) is 15.0. The smallest absolute Gasteiger partial charge is 0.223 e. The van der Waals surface area contributed by atoms with Gasteiger partial charge >= 0.3 is 0 Å². The van der Waals surface area contributed by atoms with Gasteiger partial charge < -0.3 is 10.5 Å². The summed E-state index contributed by atoms with van der Waals surface area (Å²) in [7, 11) is 1.52. The van der Waals surface area contributed by atoms with Crippen LogP contribution in [-0.4, -0.2) is 13.0 Å². The lowest BCUT2D eigenvalue weighted by molar-refractivity contribution is -0.126. The van der Waals surface area contributed by atoms with Crippen LogP contribution in [0.1, 0.15) is 18.1 Å². The topological polar surface area (TPSA) is 52.3 Å². The fourth-order valence-electron chi connectivity index (χ4n) is 1.79. The maximum atomic E-state index is 11.5. The summed E-state index contributed by atoms with van der Waals surface area (Å²) in [6, 6.07) is 5.11. The maximum Gasteiger partial charge on any atom is 0.223 e. The molecule has 0 fully saturated rings. The molecule has 0 aliphatic carbocycles. The second kappa shape index (κ2) is 6.78. The lowest BCUT2D eigenvalue weighted by Crippen LogP contribution is -2.29. The zero-order valence-corrected chi connectivity index (χ0v) is 11.5. The normalized spacial score (nSPS) is 13.9. The van der Waals surface area contributed by atoms with Crippen molar-refractivity contribution in [2.24, 2.45) is 11.7 Å². The van der Waals surface area contributed by atoms with Crippen LogP contribution in [0.15, 0.2) is 30.9 Å². The number of amides is 1. The molecule has 18 heavy (non-hydrogen) atoms. The second-order valence-corrected chi connectivity index (χ2v) is 4.68. The maximum absolute atomic E-state index is 11.5. The zero-order chi connectivity index (χ0) is 13.7. The van der Waals surface area contributed by atoms with Crippen molar-refractivity contribution in [3.8, 4) is 0 Å². The van der Waals surface area contributed by atoms with Crippen molar-refractivity contribution in [2.45, 2.75) is 12.5 Å². The molecule has 0 aliphatic heterocycles. The molecule has 0 heterocycles. The van der Waals surface area contributed by atoms with Crippen LogP contribution in [0.2, 0.25) is 10.0 Å². The van der Waals surface area contributed by atoms with E-state index in [2.05, 4.69) is 6.58 Å². The number of carbonyl (C=O) groups excluding carboxylic acids is 1. The first-order valence-corrected chi connectivity index (χ1v) is 6.14. The molecule has 1 rings (SSSR count). The highest BCUT2D eigenvalue weighted by molar-refractivity contribution is 6.42. The first-order valence-electron chi connectivity index (χ1n) is 5.39. The molecule has 2 atom stereocenters. The number of allylic oxidation sites excluding steroid dienone is 1. The fraction of sp³-hybridized carbons (Fsp3) is 0.308. The first-order chi connectivity index (χ1) is 8.51. The van der Waals surface area contributed by atoms with Crippen LogP contribution in [0.25, 0.3) is 0 Å². The molecule has 0 saturated heterocycles. The average Bonchev–Trinajstić information content (AvgIpc) is 2.33. The van der Waals surface area contributed by atoms with Crippen molar-refractivity contribution in [3.63, 3.8) is 0 Å². The molecule has 0 saturated carbocycles. The number of carbonyl (C=O) groups is 1. The Bertz CT molecular complexity index is 449. The van der Waals surface area contributed by atoms with Gasteiger partial charge in [-0.05, 0) is 24.1 Å². The molecule has 3 nitrogen and oxygen atoms in total. The van der Waals surface area contributed by atoms with Gasteiger partial charge in [-0.2, -0.15) is 0 Å². The molecule has 5 heteroatoms. The Morgan fingerprint density at radius 3 is 2.61 bits per heavy atom. The number of hydrogen-bond acceptors (Lipinski definition) is 2. The van der Waals surface area contributed by atoms with Crippen LogP contribution in [0.4, 0.5) is 0 Å². The predicted molar refractivity (Wildman–Crippen MR) is 73.7 cm³/mol. The molecule has 0 bridgehead atoms. The molecule has 0 aliphatic rings. The van der Waals surface area contributed by atoms with Crippen molar-refractivity contribution in [2.75, 3.05) is 7.11 Å². The van der Waals surface area contributed by atoms with Crippen molar-refractivity contribution in [1.82, 2.24) is 0 Å². The van der Waals surface area contributed by atoms with E-state index < -0.39 is 17.9 Å². The number of ether oxygens (including phenoxy) is 1. The lowest BCUT2D eigenvalue weighted by atomic mass is 9.92. The number of rotatable bonds is 6. The van der Waals surface area contributed by atoms with Crippen LogP contribution in [0, 0.1) is 5.92 Å². The fourth-order valence-corrected chi connectivity index (χ4v) is 2.10. The van der Waals surface area contributed by atoms with Gasteiger partial charge in [0.05, 0.1) is 22.1 Å². The van der Waals surface area contributed by atoms with Crippen molar-refractivity contribution >= 4 is 29.1 Å². The van der Waals surface area contributed by atoms with Gasteiger partial charge in [0.25, 0.3) is 0 Å². The number of methoxy groups -OCH3 is 1. The van der Waals surface area contributed by atoms with Crippen molar-refractivity contribution in [3.05, 3.63) is 46.5 Å². The van der Waals surface area contributed by atoms with Gasteiger partial charge in [-0.15, -0.1) is 6.58 Å². The Balaban J connectivity index is 3.10. The van der Waals surface area contributed by atoms with Gasteiger partial charge in [0, 0.05) is 7.11 Å². The van der Waals surface area contributed by atoms with Crippen LogP contribution >= 0.6 is 23.2 Å². The Morgan fingerprint density at radius 1 is 1.50 bits per heavy atom. The van der Waals surface area contributed by atoms with Gasteiger partial charge in [0.2, 0.25) is 5.91 Å². The van der Waals surface area contributed by atoms with E-state index in [9.17, 15) is 4.79 Å². The average molecular weight is 288 g/mol. The summed E-state index contributed by atoms with van der Waals surface area (Å²) >= 11 is 11.8. The highest BCUT2D eigenvalue weighted by Crippen LogP contribution is 2.32. The molecule has 2 unspecified atom stereocenters. The summed E-state index contributed by atoms with van der Waals surface area (Å²) in [6.07, 6.45) is 1.61. The molecule has 0 radical (unpaired) electrons. The summed E-state index contributed by atoms with van der Waals surface area (Å²) in [5.74, 6) is -0.919. The minimum Gasteiger partial charge on any atom is -0.376 e. The molecule has 98 valence electrons. The van der Waals surface area contributed by atoms with E-state index in [1.54, 1.807) is 24.3 Å². The van der Waals surface area contributed by atoms with Gasteiger partial charge in [0.1, 0.15) is 0 Å². The number of nitrogens with two attached hydrogens (primary N) is 1. The lowest BCUT2D eigenvalue weighted by Gasteiger charge is -2.23. The molecule has 1 amide bonds. The van der Waals surface area contributed by atoms with E-state index in [1.807, 2.05) is 0 Å². The quantitative estimate of drug-likeness (QED) is 0.816. The van der Waals surface area contributed by atoms with E-state index >= 15 is 0 Å². The van der Waals surface area contributed by atoms with Gasteiger partial charge in [-0.3, -0.25) is 4.79 Å². The third-order valence-corrected chi connectivity index (χ3v) is 3.42. The zero-order valence-electron chi connectivity index (χ0n) is 10.0.